The number of nitrogens with zero attached hydrogens (tertiary/aromatic N) is 4. The molecule has 0 aliphatic carbocycles. The minimum Gasteiger partial charge on any atom is -0.493 e. The van der Waals surface area contributed by atoms with Gasteiger partial charge in [-0.15, -0.1) is 0 Å². The Kier molecular flexibility index (Phi) is 7.99. The van der Waals surface area contributed by atoms with Crippen LogP contribution in [-0.4, -0.2) is 71.9 Å². The van der Waals surface area contributed by atoms with Gasteiger partial charge in [0.1, 0.15) is 16.9 Å². The summed E-state index contributed by atoms with van der Waals surface area (Å²) in [6, 6.07) is 15.1. The minimum absolute atomic E-state index is 0.0828. The molecule has 2 aromatic carbocycles. The molecule has 0 spiro atoms. The molecule has 202 valence electrons. The summed E-state index contributed by atoms with van der Waals surface area (Å²) >= 11 is 0. The molecule has 39 heavy (non-hydrogen) atoms. The van der Waals surface area contributed by atoms with E-state index in [9.17, 15) is 9.59 Å². The van der Waals surface area contributed by atoms with Gasteiger partial charge in [0.2, 0.25) is 5.95 Å². The number of piperazine rings is 1. The number of likely N-dealkylation sites (N-methyl/N-ethyl adjacent to an activating group) is 1. The van der Waals surface area contributed by atoms with Crippen LogP contribution in [0.2, 0.25) is 0 Å². The second kappa shape index (κ2) is 11.8. The number of carbonyl (C=O) groups excluding carboxylic acids is 1. The molecule has 0 unspecified atom stereocenters. The lowest BCUT2D eigenvalue weighted by Crippen LogP contribution is -2.44. The van der Waals surface area contributed by atoms with Crippen molar-refractivity contribution in [3.63, 3.8) is 0 Å². The van der Waals surface area contributed by atoms with E-state index in [1.165, 1.54) is 6.92 Å². The zero-order valence-corrected chi connectivity index (χ0v) is 22.6. The average molecular weight is 528 g/mol. The summed E-state index contributed by atoms with van der Waals surface area (Å²) < 4.78 is 11.6. The van der Waals surface area contributed by atoms with Crippen LogP contribution in [0.4, 0.5) is 11.6 Å². The maximum Gasteiger partial charge on any atom is 0.347 e. The van der Waals surface area contributed by atoms with Crippen molar-refractivity contribution in [1.82, 2.24) is 19.8 Å². The molecule has 0 atom stereocenters. The van der Waals surface area contributed by atoms with Crippen molar-refractivity contribution >= 4 is 28.4 Å². The fraction of sp³-hybridized carbons (Fsp3) is 0.333. The van der Waals surface area contributed by atoms with Crippen molar-refractivity contribution < 1.29 is 13.9 Å². The summed E-state index contributed by atoms with van der Waals surface area (Å²) in [5.41, 5.74) is 2.72. The zero-order chi connectivity index (χ0) is 27.4. The number of Topliss-reactive ketones (excluding diaryl/α,β-unsaturated/α-hetero) is 1. The van der Waals surface area contributed by atoms with Gasteiger partial charge < -0.3 is 24.3 Å². The number of hydrogen-bond acceptors (Lipinski definition) is 9. The first-order chi connectivity index (χ1) is 18.9. The number of benzene rings is 2. The van der Waals surface area contributed by atoms with Crippen LogP contribution < -0.4 is 15.7 Å². The van der Waals surface area contributed by atoms with E-state index in [-0.39, 0.29) is 11.3 Å². The number of fused-ring (bicyclic) bond motifs is 1. The highest BCUT2D eigenvalue weighted by Gasteiger charge is 2.16. The van der Waals surface area contributed by atoms with Crippen LogP contribution in [-0.2, 0) is 0 Å². The lowest BCUT2D eigenvalue weighted by Gasteiger charge is -2.32. The molecule has 4 aromatic rings. The number of nitrogens with one attached hydrogen (secondary N) is 1. The van der Waals surface area contributed by atoms with E-state index >= 15 is 0 Å². The Labute approximate surface area is 227 Å². The van der Waals surface area contributed by atoms with Crippen LogP contribution >= 0.6 is 0 Å². The second-order valence-corrected chi connectivity index (χ2v) is 9.89. The maximum atomic E-state index is 12.3. The van der Waals surface area contributed by atoms with Gasteiger partial charge in [0.15, 0.2) is 5.78 Å². The van der Waals surface area contributed by atoms with Crippen LogP contribution in [0.5, 0.6) is 5.75 Å². The number of ketones is 1. The second-order valence-electron chi connectivity index (χ2n) is 9.89. The molecule has 9 nitrogen and oxygen atoms in total. The summed E-state index contributed by atoms with van der Waals surface area (Å²) in [6.07, 6.45) is 2.65. The molecule has 0 radical (unpaired) electrons. The van der Waals surface area contributed by atoms with Crippen LogP contribution in [0.25, 0.3) is 22.2 Å². The number of hydrogen-bond donors (Lipinski definition) is 1. The van der Waals surface area contributed by atoms with E-state index in [2.05, 4.69) is 27.1 Å². The third-order valence-corrected chi connectivity index (χ3v) is 7.07. The molecule has 0 bridgehead atoms. The molecule has 9 heteroatoms. The van der Waals surface area contributed by atoms with Gasteiger partial charge in [0.05, 0.1) is 12.3 Å². The van der Waals surface area contributed by atoms with E-state index in [4.69, 9.17) is 14.1 Å². The Morgan fingerprint density at radius 2 is 1.90 bits per heavy atom. The zero-order valence-electron chi connectivity index (χ0n) is 22.6. The Bertz CT molecular complexity index is 1540. The topological polar surface area (TPSA) is 101 Å². The van der Waals surface area contributed by atoms with Crippen molar-refractivity contribution in [3.8, 4) is 17.0 Å². The highest BCUT2D eigenvalue weighted by atomic mass is 16.5. The smallest absolute Gasteiger partial charge is 0.347 e. The van der Waals surface area contributed by atoms with Crippen LogP contribution in [0, 0.1) is 6.92 Å². The number of aromatic nitrogens is 2. The lowest BCUT2D eigenvalue weighted by molar-refractivity contribution is 0.101. The van der Waals surface area contributed by atoms with Gasteiger partial charge in [-0.25, -0.2) is 14.8 Å². The molecule has 0 amide bonds. The van der Waals surface area contributed by atoms with Gasteiger partial charge in [-0.2, -0.15) is 0 Å². The Hall–Kier alpha value is -4.08. The molecule has 5 rings (SSSR count). The SMILES string of the molecule is CC(=O)c1c(C)c2ccc(Nc3nccc(-c4ccccc4OCCCN4CCN(C)CC4)n3)cc2oc1=O. The predicted molar refractivity (Wildman–Crippen MR) is 152 cm³/mol. The van der Waals surface area contributed by atoms with Crippen LogP contribution in [0.15, 0.2) is 63.9 Å². The first-order valence-electron chi connectivity index (χ1n) is 13.2. The number of rotatable bonds is 9. The van der Waals surface area contributed by atoms with E-state index in [0.717, 1.165) is 56.2 Å². The van der Waals surface area contributed by atoms with Crippen molar-refractivity contribution in [2.75, 3.05) is 51.7 Å². The number of para-hydroxylation sites is 1. The predicted octanol–water partition coefficient (Wildman–Crippen LogP) is 4.52. The quantitative estimate of drug-likeness (QED) is 0.191. The minimum atomic E-state index is -0.636. The summed E-state index contributed by atoms with van der Waals surface area (Å²) in [7, 11) is 2.17. The molecule has 2 aromatic heterocycles. The van der Waals surface area contributed by atoms with Crippen LogP contribution in [0.1, 0.15) is 29.3 Å². The average Bonchev–Trinajstić information content (AvgIpc) is 2.92. The van der Waals surface area contributed by atoms with Crippen molar-refractivity contribution in [3.05, 3.63) is 76.3 Å². The summed E-state index contributed by atoms with van der Waals surface area (Å²) in [6.45, 7) is 9.21. The van der Waals surface area contributed by atoms with Crippen molar-refractivity contribution in [1.29, 1.82) is 0 Å². The van der Waals surface area contributed by atoms with Gasteiger partial charge in [-0.1, -0.05) is 12.1 Å². The fourth-order valence-electron chi connectivity index (χ4n) is 4.88. The number of aryl methyl sites for hydroxylation is 1. The van der Waals surface area contributed by atoms with E-state index in [0.29, 0.717) is 34.8 Å². The molecule has 1 fully saturated rings. The highest BCUT2D eigenvalue weighted by Crippen LogP contribution is 2.30. The molecular formula is C30H33N5O4. The van der Waals surface area contributed by atoms with Gasteiger partial charge in [0.25, 0.3) is 0 Å². The molecule has 1 N–H and O–H groups in total. The monoisotopic (exact) mass is 527 g/mol. The van der Waals surface area contributed by atoms with Crippen LogP contribution in [0.3, 0.4) is 0 Å². The summed E-state index contributed by atoms with van der Waals surface area (Å²) in [5.74, 6) is 0.871. The van der Waals surface area contributed by atoms with Gasteiger partial charge >= 0.3 is 5.63 Å². The van der Waals surface area contributed by atoms with Crippen molar-refractivity contribution in [2.24, 2.45) is 0 Å². The molecular weight excluding hydrogens is 494 g/mol. The van der Waals surface area contributed by atoms with E-state index in [1.807, 2.05) is 42.5 Å². The van der Waals surface area contributed by atoms with Gasteiger partial charge in [-0.05, 0) is 63.2 Å². The van der Waals surface area contributed by atoms with E-state index in [1.54, 1.807) is 19.2 Å². The summed E-state index contributed by atoms with van der Waals surface area (Å²) in [5, 5.41) is 3.90. The number of carbonyl (C=O) groups is 1. The van der Waals surface area contributed by atoms with Gasteiger partial charge in [0, 0.05) is 61.6 Å². The highest BCUT2D eigenvalue weighted by molar-refractivity contribution is 5.99. The van der Waals surface area contributed by atoms with Crippen molar-refractivity contribution in [2.45, 2.75) is 20.3 Å². The fourth-order valence-corrected chi connectivity index (χ4v) is 4.88. The summed E-state index contributed by atoms with van der Waals surface area (Å²) in [4.78, 5) is 38.1. The van der Waals surface area contributed by atoms with Gasteiger partial charge in [-0.3, -0.25) is 4.79 Å². The third kappa shape index (κ3) is 6.16. The molecule has 1 saturated heterocycles. The Morgan fingerprint density at radius 1 is 1.10 bits per heavy atom. The Morgan fingerprint density at radius 3 is 2.69 bits per heavy atom. The molecule has 1 aliphatic heterocycles. The number of anilines is 2. The third-order valence-electron chi connectivity index (χ3n) is 7.07. The molecule has 3 heterocycles. The number of ether oxygens (including phenoxy) is 1. The first-order valence-corrected chi connectivity index (χ1v) is 13.2. The normalized spacial score (nSPS) is 14.4. The maximum absolute atomic E-state index is 12.3. The largest absolute Gasteiger partial charge is 0.493 e. The standard InChI is InChI=1S/C30H33N5O4/c1-20-23-10-9-22(19-27(23)39-29(37)28(20)21(2)36)32-30-31-12-11-25(33-30)24-7-4-5-8-26(24)38-18-6-13-35-16-14-34(3)15-17-35/h4-5,7-12,19H,6,13-18H2,1-3H3,(H,31,32,33). The Balaban J connectivity index is 1.29. The lowest BCUT2D eigenvalue weighted by atomic mass is 10.0. The van der Waals surface area contributed by atoms with E-state index < -0.39 is 5.63 Å². The molecule has 1 aliphatic rings. The first kappa shape index (κ1) is 26.5. The molecule has 0 saturated carbocycles.